The summed E-state index contributed by atoms with van der Waals surface area (Å²) < 4.78 is 0. The van der Waals surface area contributed by atoms with Crippen LogP contribution in [0, 0.1) is 11.5 Å². The topological polar surface area (TPSA) is 68.4 Å². The lowest BCUT2D eigenvalue weighted by Gasteiger charge is -2.05. The van der Waals surface area contributed by atoms with Crippen molar-refractivity contribution in [3.8, 4) is 11.9 Å². The number of phenols is 1. The Kier molecular flexibility index (Phi) is 3.70. The summed E-state index contributed by atoms with van der Waals surface area (Å²) in [7, 11) is 0. The zero-order chi connectivity index (χ0) is 13.0. The van der Waals surface area contributed by atoms with Gasteiger partial charge in [-0.3, -0.25) is 5.32 Å². The normalized spacial score (nSPS) is 11.2. The fraction of sp³-hybridized carbons (Fsp3) is 0.0769. The Morgan fingerprint density at radius 2 is 2.00 bits per heavy atom. The summed E-state index contributed by atoms with van der Waals surface area (Å²) in [5.74, 6) is 0.225. The molecule has 0 fully saturated rings. The quantitative estimate of drug-likeness (QED) is 0.357. The molecule has 90 valence electrons. The Morgan fingerprint density at radius 1 is 1.28 bits per heavy atom. The molecule has 0 amide bonds. The zero-order valence-corrected chi connectivity index (χ0v) is 10.5. The molecule has 0 aliphatic rings. The summed E-state index contributed by atoms with van der Waals surface area (Å²) >= 11 is 1.36. The number of amidine groups is 1. The second-order valence-electron chi connectivity index (χ2n) is 3.51. The van der Waals surface area contributed by atoms with Crippen LogP contribution in [-0.4, -0.2) is 16.5 Å². The fourth-order valence-electron chi connectivity index (χ4n) is 1.66. The molecule has 0 aliphatic carbocycles. The third-order valence-electron chi connectivity index (χ3n) is 2.45. The summed E-state index contributed by atoms with van der Waals surface area (Å²) in [5.41, 5.74) is 0.718. The molecule has 2 rings (SSSR count). The second-order valence-corrected chi connectivity index (χ2v) is 4.30. The van der Waals surface area contributed by atoms with Gasteiger partial charge in [0.25, 0.3) is 0 Å². The van der Waals surface area contributed by atoms with Crippen molar-refractivity contribution in [1.82, 2.24) is 5.32 Å². The smallest absolute Gasteiger partial charge is 0.183 e. The zero-order valence-electron chi connectivity index (χ0n) is 9.71. The largest absolute Gasteiger partial charge is 0.507 e. The average Bonchev–Trinajstić information content (AvgIpc) is 2.39. The first-order valence-corrected chi connectivity index (χ1v) is 6.47. The Hall–Kier alpha value is -2.19. The molecule has 0 saturated carbocycles. The van der Waals surface area contributed by atoms with Crippen molar-refractivity contribution in [2.75, 3.05) is 6.26 Å². The highest BCUT2D eigenvalue weighted by molar-refractivity contribution is 8.13. The van der Waals surface area contributed by atoms with Gasteiger partial charge in [0.1, 0.15) is 5.75 Å². The number of fused-ring (bicyclic) bond motifs is 1. The van der Waals surface area contributed by atoms with Gasteiger partial charge in [0, 0.05) is 10.8 Å². The van der Waals surface area contributed by atoms with Gasteiger partial charge in [0.05, 0.1) is 5.69 Å². The number of hydrogen-bond acceptors (Lipinski definition) is 4. The van der Waals surface area contributed by atoms with E-state index in [4.69, 9.17) is 5.26 Å². The Balaban J connectivity index is 2.59. The molecular formula is C13H11N3OS. The molecule has 0 radical (unpaired) electrons. The van der Waals surface area contributed by atoms with Crippen LogP contribution in [0.25, 0.3) is 10.8 Å². The van der Waals surface area contributed by atoms with E-state index in [1.807, 2.05) is 36.7 Å². The highest BCUT2D eigenvalue weighted by Crippen LogP contribution is 2.31. The first-order valence-electron chi connectivity index (χ1n) is 5.24. The first-order chi connectivity index (χ1) is 8.76. The lowest BCUT2D eigenvalue weighted by atomic mass is 10.1. The molecule has 0 unspecified atom stereocenters. The summed E-state index contributed by atoms with van der Waals surface area (Å²) in [5, 5.41) is 23.0. The van der Waals surface area contributed by atoms with Gasteiger partial charge in [0.15, 0.2) is 11.4 Å². The number of nitriles is 1. The van der Waals surface area contributed by atoms with Crippen LogP contribution in [0.15, 0.2) is 41.4 Å². The summed E-state index contributed by atoms with van der Waals surface area (Å²) in [6, 6.07) is 10.8. The van der Waals surface area contributed by atoms with E-state index < -0.39 is 0 Å². The van der Waals surface area contributed by atoms with Crippen molar-refractivity contribution in [3.05, 3.63) is 36.4 Å². The van der Waals surface area contributed by atoms with Crippen LogP contribution >= 0.6 is 11.8 Å². The number of phenolic OH excluding ortho intramolecular Hbond substituents is 1. The third kappa shape index (κ3) is 2.39. The van der Waals surface area contributed by atoms with Crippen LogP contribution in [-0.2, 0) is 0 Å². The van der Waals surface area contributed by atoms with Crippen LogP contribution < -0.4 is 5.32 Å². The van der Waals surface area contributed by atoms with Crippen LogP contribution in [0.1, 0.15) is 0 Å². The van der Waals surface area contributed by atoms with Gasteiger partial charge in [-0.2, -0.15) is 5.26 Å². The lowest BCUT2D eigenvalue weighted by molar-refractivity contribution is 0.481. The molecule has 0 aromatic heterocycles. The van der Waals surface area contributed by atoms with E-state index in [9.17, 15) is 5.11 Å². The van der Waals surface area contributed by atoms with Crippen LogP contribution in [0.5, 0.6) is 5.75 Å². The van der Waals surface area contributed by atoms with Crippen LogP contribution in [0.3, 0.4) is 0 Å². The molecule has 0 heterocycles. The van der Waals surface area contributed by atoms with E-state index in [0.29, 0.717) is 5.17 Å². The number of hydrogen-bond donors (Lipinski definition) is 2. The lowest BCUT2D eigenvalue weighted by Crippen LogP contribution is -2.12. The number of aromatic hydroxyl groups is 1. The number of aliphatic imine (C=N–C) groups is 1. The van der Waals surface area contributed by atoms with Gasteiger partial charge < -0.3 is 5.11 Å². The second kappa shape index (κ2) is 5.43. The van der Waals surface area contributed by atoms with Gasteiger partial charge in [-0.05, 0) is 18.4 Å². The molecule has 0 atom stereocenters. The van der Waals surface area contributed by atoms with Crippen molar-refractivity contribution in [2.24, 2.45) is 4.99 Å². The molecule has 5 heteroatoms. The molecule has 2 N–H and O–H groups in total. The van der Waals surface area contributed by atoms with Gasteiger partial charge in [-0.1, -0.05) is 36.0 Å². The van der Waals surface area contributed by atoms with E-state index in [1.165, 1.54) is 11.8 Å². The number of thioether (sulfide) groups is 1. The minimum Gasteiger partial charge on any atom is -0.507 e. The maximum absolute atomic E-state index is 9.77. The highest BCUT2D eigenvalue weighted by Gasteiger charge is 2.04. The predicted molar refractivity (Wildman–Crippen MR) is 75.0 cm³/mol. The van der Waals surface area contributed by atoms with E-state index in [-0.39, 0.29) is 5.75 Å². The average molecular weight is 257 g/mol. The maximum atomic E-state index is 9.77. The van der Waals surface area contributed by atoms with Crippen molar-refractivity contribution < 1.29 is 5.11 Å². The molecule has 0 bridgehead atoms. The maximum Gasteiger partial charge on any atom is 0.183 e. The Labute approximate surface area is 109 Å². The Bertz CT molecular complexity index is 646. The summed E-state index contributed by atoms with van der Waals surface area (Å²) in [4.78, 5) is 4.37. The molecular weight excluding hydrogens is 246 g/mol. The SMILES string of the molecule is CSC(=Nc1cccc2c(O)cccc12)NC#N. The van der Waals surface area contributed by atoms with Crippen LogP contribution in [0.4, 0.5) is 5.69 Å². The van der Waals surface area contributed by atoms with E-state index in [1.54, 1.807) is 12.1 Å². The van der Waals surface area contributed by atoms with Crippen molar-refractivity contribution in [3.63, 3.8) is 0 Å². The monoisotopic (exact) mass is 257 g/mol. The van der Waals surface area contributed by atoms with Crippen molar-refractivity contribution >= 4 is 33.4 Å². The van der Waals surface area contributed by atoms with Gasteiger partial charge in [0.2, 0.25) is 0 Å². The first kappa shape index (κ1) is 12.3. The molecule has 2 aromatic rings. The van der Waals surface area contributed by atoms with E-state index >= 15 is 0 Å². The van der Waals surface area contributed by atoms with E-state index in [2.05, 4.69) is 10.3 Å². The number of rotatable bonds is 1. The fourth-order valence-corrected chi connectivity index (χ4v) is 1.99. The number of nitrogens with one attached hydrogen (secondary N) is 1. The third-order valence-corrected chi connectivity index (χ3v) is 3.03. The van der Waals surface area contributed by atoms with Crippen molar-refractivity contribution in [2.45, 2.75) is 0 Å². The predicted octanol–water partition coefficient (Wildman–Crippen LogP) is 2.97. The summed E-state index contributed by atoms with van der Waals surface area (Å²) in [6.45, 7) is 0. The highest BCUT2D eigenvalue weighted by atomic mass is 32.2. The molecule has 0 saturated heterocycles. The van der Waals surface area contributed by atoms with Crippen molar-refractivity contribution in [1.29, 1.82) is 5.26 Å². The summed E-state index contributed by atoms with van der Waals surface area (Å²) in [6.07, 6.45) is 3.69. The Morgan fingerprint density at radius 3 is 2.72 bits per heavy atom. The molecule has 4 nitrogen and oxygen atoms in total. The van der Waals surface area contributed by atoms with E-state index in [0.717, 1.165) is 16.5 Å². The van der Waals surface area contributed by atoms with Gasteiger partial charge in [-0.15, -0.1) is 0 Å². The standard InChI is InChI=1S/C13H11N3OS/c1-18-13(15-8-14)16-11-6-2-5-10-9(11)4-3-7-12(10)17/h2-7,17H,1H3,(H,15,16). The molecule has 18 heavy (non-hydrogen) atoms. The molecule has 2 aromatic carbocycles. The van der Waals surface area contributed by atoms with Gasteiger partial charge >= 0.3 is 0 Å². The molecule has 0 spiro atoms. The minimum absolute atomic E-state index is 0.225. The van der Waals surface area contributed by atoms with Crippen LogP contribution in [0.2, 0.25) is 0 Å². The molecule has 0 aliphatic heterocycles. The number of benzene rings is 2. The van der Waals surface area contributed by atoms with Gasteiger partial charge in [-0.25, -0.2) is 4.99 Å². The minimum atomic E-state index is 0.225. The number of nitrogens with zero attached hydrogens (tertiary/aromatic N) is 2.